The number of allylic oxidation sites excluding steroid dienone is 1. The first-order valence-corrected chi connectivity index (χ1v) is 8.52. The van der Waals surface area contributed by atoms with E-state index in [4.69, 9.17) is 0 Å². The van der Waals surface area contributed by atoms with Gasteiger partial charge in [-0.25, -0.2) is 4.79 Å². The van der Waals surface area contributed by atoms with Crippen LogP contribution in [-0.4, -0.2) is 35.2 Å². The Balaban J connectivity index is 2.31. The second-order valence-corrected chi connectivity index (χ2v) is 5.78. The summed E-state index contributed by atoms with van der Waals surface area (Å²) in [5.41, 5.74) is 1.35. The lowest BCUT2D eigenvalue weighted by molar-refractivity contribution is -0.140. The lowest BCUT2D eigenvalue weighted by Gasteiger charge is -2.31. The Morgan fingerprint density at radius 1 is 1.22 bits per heavy atom. The minimum Gasteiger partial charge on any atom is -0.356 e. The van der Waals surface area contributed by atoms with Gasteiger partial charge in [-0.3, -0.25) is 24.6 Å². The molecule has 27 heavy (non-hydrogen) atoms. The highest BCUT2D eigenvalue weighted by atomic mass is 16.2. The van der Waals surface area contributed by atoms with Crippen molar-refractivity contribution in [3.63, 3.8) is 0 Å². The molecular formula is C19H22N4O4. The van der Waals surface area contributed by atoms with Crippen molar-refractivity contribution in [3.8, 4) is 0 Å². The molecule has 0 bridgehead atoms. The van der Waals surface area contributed by atoms with Gasteiger partial charge in [-0.1, -0.05) is 31.2 Å². The first kappa shape index (κ1) is 19.9. The van der Waals surface area contributed by atoms with Crippen LogP contribution < -0.4 is 16.0 Å². The number of nitrogens with zero attached hydrogens (tertiary/aromatic N) is 1. The Morgan fingerprint density at radius 3 is 2.41 bits per heavy atom. The van der Waals surface area contributed by atoms with E-state index >= 15 is 0 Å². The van der Waals surface area contributed by atoms with Crippen LogP contribution in [0.2, 0.25) is 0 Å². The fourth-order valence-corrected chi connectivity index (χ4v) is 2.60. The summed E-state index contributed by atoms with van der Waals surface area (Å²) in [5, 5.41) is 7.98. The predicted octanol–water partition coefficient (Wildman–Crippen LogP) is 2.23. The summed E-state index contributed by atoms with van der Waals surface area (Å²) in [4.78, 5) is 49.5. The number of rotatable bonds is 7. The van der Waals surface area contributed by atoms with Gasteiger partial charge in [0.15, 0.2) is 5.92 Å². The topological polar surface area (TPSA) is 108 Å². The highest BCUT2D eigenvalue weighted by Crippen LogP contribution is 2.27. The Bertz CT molecular complexity index is 816. The number of carbonyl (C=O) groups is 4. The van der Waals surface area contributed by atoms with Crippen LogP contribution in [0.1, 0.15) is 20.3 Å². The van der Waals surface area contributed by atoms with E-state index < -0.39 is 23.8 Å². The second-order valence-electron chi connectivity index (χ2n) is 5.78. The lowest BCUT2D eigenvalue weighted by Crippen LogP contribution is -2.58. The summed E-state index contributed by atoms with van der Waals surface area (Å²) in [6.45, 7) is 6.92. The van der Waals surface area contributed by atoms with Gasteiger partial charge >= 0.3 is 6.03 Å². The number of nitrogens with one attached hydrogen (secondary N) is 3. The van der Waals surface area contributed by atoms with Gasteiger partial charge in [0, 0.05) is 18.7 Å². The van der Waals surface area contributed by atoms with E-state index in [2.05, 4.69) is 22.5 Å². The molecule has 1 aliphatic heterocycles. The second kappa shape index (κ2) is 8.79. The zero-order chi connectivity index (χ0) is 20.0. The van der Waals surface area contributed by atoms with Crippen LogP contribution in [0.4, 0.5) is 16.2 Å². The van der Waals surface area contributed by atoms with E-state index in [0.29, 0.717) is 23.5 Å². The standard InChI is InChI=1S/C19H22N4O4/c1-4-11-23-18(26)16(17(25)22-19(23)27)12(5-2)20-13-9-7-8-10-14(13)21-15(24)6-3/h4-5,7-10,16,20H,1,6,11H2,2-3H3,(H,21,24)(H,22,25,27)/t16-/m0/s1. The van der Waals surface area contributed by atoms with E-state index in [1.807, 2.05) is 0 Å². The molecule has 1 aliphatic rings. The van der Waals surface area contributed by atoms with Crippen molar-refractivity contribution in [3.05, 3.63) is 48.7 Å². The normalized spacial score (nSPS) is 17.4. The predicted molar refractivity (Wildman–Crippen MR) is 102 cm³/mol. The molecule has 8 nitrogen and oxygen atoms in total. The Morgan fingerprint density at radius 2 is 1.85 bits per heavy atom. The smallest absolute Gasteiger partial charge is 0.331 e. The van der Waals surface area contributed by atoms with E-state index in [9.17, 15) is 19.2 Å². The zero-order valence-corrected chi connectivity index (χ0v) is 15.2. The maximum absolute atomic E-state index is 12.7. The van der Waals surface area contributed by atoms with Crippen LogP contribution in [0, 0.1) is 5.92 Å². The number of amides is 5. The molecule has 1 fully saturated rings. The van der Waals surface area contributed by atoms with Crippen LogP contribution >= 0.6 is 0 Å². The number of imide groups is 2. The van der Waals surface area contributed by atoms with Crippen molar-refractivity contribution < 1.29 is 19.2 Å². The molecule has 1 aromatic rings. The van der Waals surface area contributed by atoms with Crippen molar-refractivity contribution >= 4 is 35.1 Å². The van der Waals surface area contributed by atoms with Gasteiger partial charge in [0.1, 0.15) is 0 Å². The minimum atomic E-state index is -1.21. The summed E-state index contributed by atoms with van der Waals surface area (Å²) in [6, 6.07) is 6.17. The Hall–Kier alpha value is -3.42. The number of carbonyl (C=O) groups excluding carboxylic acids is 4. The molecule has 1 atom stereocenters. The van der Waals surface area contributed by atoms with Gasteiger partial charge in [-0.05, 0) is 19.1 Å². The fourth-order valence-electron chi connectivity index (χ4n) is 2.60. The number of benzene rings is 1. The quantitative estimate of drug-likeness (QED) is 0.504. The van der Waals surface area contributed by atoms with Crippen molar-refractivity contribution in [2.24, 2.45) is 5.92 Å². The van der Waals surface area contributed by atoms with Gasteiger partial charge in [0.2, 0.25) is 17.7 Å². The van der Waals surface area contributed by atoms with E-state index in [1.54, 1.807) is 44.2 Å². The van der Waals surface area contributed by atoms with Crippen LogP contribution in [0.3, 0.4) is 0 Å². The number of urea groups is 1. The van der Waals surface area contributed by atoms with Gasteiger partial charge in [0.05, 0.1) is 11.4 Å². The summed E-state index contributed by atoms with van der Waals surface area (Å²) < 4.78 is 0. The maximum Gasteiger partial charge on any atom is 0.331 e. The summed E-state index contributed by atoms with van der Waals surface area (Å²) >= 11 is 0. The number of anilines is 2. The largest absolute Gasteiger partial charge is 0.356 e. The highest BCUT2D eigenvalue weighted by molar-refractivity contribution is 6.18. The highest BCUT2D eigenvalue weighted by Gasteiger charge is 2.42. The van der Waals surface area contributed by atoms with Crippen LogP contribution in [0.25, 0.3) is 0 Å². The third-order valence-electron chi connectivity index (χ3n) is 3.99. The molecule has 0 saturated carbocycles. The molecule has 1 heterocycles. The van der Waals surface area contributed by atoms with Gasteiger partial charge in [-0.15, -0.1) is 6.58 Å². The molecule has 0 spiro atoms. The fraction of sp³-hybridized carbons (Fsp3) is 0.263. The first-order chi connectivity index (χ1) is 12.9. The number of barbiturate groups is 1. The van der Waals surface area contributed by atoms with Crippen molar-refractivity contribution in [1.82, 2.24) is 10.2 Å². The SMILES string of the molecule is C=CCN1C(=O)NC(=O)[C@H](C(=CC)Nc2ccccc2NC(=O)CC)C1=O. The molecule has 8 heteroatoms. The molecule has 3 N–H and O–H groups in total. The molecular weight excluding hydrogens is 348 g/mol. The molecule has 0 aromatic heterocycles. The third-order valence-corrected chi connectivity index (χ3v) is 3.99. The minimum absolute atomic E-state index is 0.00537. The number of hydrogen-bond donors (Lipinski definition) is 3. The maximum atomic E-state index is 12.7. The zero-order valence-electron chi connectivity index (χ0n) is 15.2. The number of hydrogen-bond acceptors (Lipinski definition) is 5. The van der Waals surface area contributed by atoms with Gasteiger partial charge in [0.25, 0.3) is 0 Å². The van der Waals surface area contributed by atoms with Gasteiger partial charge < -0.3 is 10.6 Å². The van der Waals surface area contributed by atoms with E-state index in [0.717, 1.165) is 4.90 Å². The molecule has 2 rings (SSSR count). The Kier molecular flexibility index (Phi) is 6.48. The summed E-state index contributed by atoms with van der Waals surface area (Å²) in [5.74, 6) is -2.72. The van der Waals surface area contributed by atoms with Crippen molar-refractivity contribution in [2.75, 3.05) is 17.2 Å². The van der Waals surface area contributed by atoms with E-state index in [1.165, 1.54) is 6.08 Å². The van der Waals surface area contributed by atoms with Gasteiger partial charge in [-0.2, -0.15) is 0 Å². The van der Waals surface area contributed by atoms with Crippen LogP contribution in [-0.2, 0) is 14.4 Å². The molecule has 1 saturated heterocycles. The molecule has 1 aromatic carbocycles. The molecule has 0 unspecified atom stereocenters. The van der Waals surface area contributed by atoms with E-state index in [-0.39, 0.29) is 12.5 Å². The summed E-state index contributed by atoms with van der Waals surface area (Å²) in [7, 11) is 0. The third kappa shape index (κ3) is 4.41. The lowest BCUT2D eigenvalue weighted by atomic mass is 9.99. The summed E-state index contributed by atoms with van der Waals surface area (Å²) in [6.07, 6.45) is 3.30. The van der Waals surface area contributed by atoms with Crippen LogP contribution in [0.15, 0.2) is 48.7 Å². The molecule has 0 radical (unpaired) electrons. The average Bonchev–Trinajstić information content (AvgIpc) is 2.65. The first-order valence-electron chi connectivity index (χ1n) is 8.52. The van der Waals surface area contributed by atoms with Crippen LogP contribution in [0.5, 0.6) is 0 Å². The van der Waals surface area contributed by atoms with Crippen molar-refractivity contribution in [2.45, 2.75) is 20.3 Å². The number of para-hydroxylation sites is 2. The Labute approximate surface area is 157 Å². The average molecular weight is 370 g/mol. The molecule has 0 aliphatic carbocycles. The monoisotopic (exact) mass is 370 g/mol. The van der Waals surface area contributed by atoms with Crippen molar-refractivity contribution in [1.29, 1.82) is 0 Å². The molecule has 142 valence electrons. The molecule has 5 amide bonds.